The van der Waals surface area contributed by atoms with Crippen LogP contribution in [0.2, 0.25) is 5.02 Å². The zero-order valence-corrected chi connectivity index (χ0v) is 17.3. The average molecular weight is 424 g/mol. The number of amides is 1. The van der Waals surface area contributed by atoms with Gasteiger partial charge in [0, 0.05) is 28.7 Å². The minimum absolute atomic E-state index is 0.275. The molecular formula is C26H18ClN3O. The topological polar surface area (TPSA) is 46.4 Å². The summed E-state index contributed by atoms with van der Waals surface area (Å²) < 4.78 is 1.90. The fourth-order valence-corrected chi connectivity index (χ4v) is 4.18. The standard InChI is InChI=1S/C26H18ClN3O/c27-25-20-11-3-1-9-18(20)23(19-10-2-4-12-21(19)25)17-28-29-26(31)22-13-5-6-14-24(22)30-15-7-8-16-30/h1-17H,(H,29,31). The van der Waals surface area contributed by atoms with Gasteiger partial charge in [-0.2, -0.15) is 5.10 Å². The van der Waals surface area contributed by atoms with E-state index in [0.29, 0.717) is 10.6 Å². The quantitative estimate of drug-likeness (QED) is 0.209. The van der Waals surface area contributed by atoms with Gasteiger partial charge in [-0.1, -0.05) is 72.3 Å². The van der Waals surface area contributed by atoms with E-state index >= 15 is 0 Å². The molecule has 4 aromatic carbocycles. The van der Waals surface area contributed by atoms with Crippen LogP contribution in [0.4, 0.5) is 0 Å². The molecule has 0 radical (unpaired) electrons. The van der Waals surface area contributed by atoms with Gasteiger partial charge in [0.2, 0.25) is 0 Å². The van der Waals surface area contributed by atoms with E-state index in [2.05, 4.69) is 10.5 Å². The molecule has 0 unspecified atom stereocenters. The molecule has 5 aromatic rings. The second-order valence-electron chi connectivity index (χ2n) is 7.13. The summed E-state index contributed by atoms with van der Waals surface area (Å²) in [7, 11) is 0. The number of para-hydroxylation sites is 1. The third-order valence-electron chi connectivity index (χ3n) is 5.30. The Hall–Kier alpha value is -3.89. The van der Waals surface area contributed by atoms with Crippen LogP contribution in [0.5, 0.6) is 0 Å². The van der Waals surface area contributed by atoms with Crippen LogP contribution in [0.3, 0.4) is 0 Å². The number of aromatic nitrogens is 1. The highest BCUT2D eigenvalue weighted by Crippen LogP contribution is 2.35. The maximum atomic E-state index is 12.9. The van der Waals surface area contributed by atoms with Gasteiger partial charge in [0.1, 0.15) is 0 Å². The molecule has 0 atom stereocenters. The molecule has 0 spiro atoms. The van der Waals surface area contributed by atoms with Crippen LogP contribution in [0.25, 0.3) is 27.2 Å². The number of carbonyl (C=O) groups is 1. The average Bonchev–Trinajstić information content (AvgIpc) is 3.36. The number of fused-ring (bicyclic) bond motifs is 2. The molecule has 5 rings (SSSR count). The van der Waals surface area contributed by atoms with Crippen molar-refractivity contribution in [3.05, 3.63) is 113 Å². The van der Waals surface area contributed by atoms with Gasteiger partial charge in [0.05, 0.1) is 22.5 Å². The Morgan fingerprint density at radius 3 is 1.97 bits per heavy atom. The Bertz CT molecular complexity index is 1380. The minimum Gasteiger partial charge on any atom is -0.323 e. The normalized spacial score (nSPS) is 11.4. The van der Waals surface area contributed by atoms with E-state index in [0.717, 1.165) is 32.8 Å². The molecule has 31 heavy (non-hydrogen) atoms. The van der Waals surface area contributed by atoms with Gasteiger partial charge < -0.3 is 4.57 Å². The Morgan fingerprint density at radius 1 is 0.774 bits per heavy atom. The summed E-state index contributed by atoms with van der Waals surface area (Å²) in [5, 5.41) is 8.88. The summed E-state index contributed by atoms with van der Waals surface area (Å²) in [6.45, 7) is 0. The van der Waals surface area contributed by atoms with Crippen molar-refractivity contribution in [3.63, 3.8) is 0 Å². The third-order valence-corrected chi connectivity index (χ3v) is 5.71. The number of hydrogen-bond acceptors (Lipinski definition) is 2. The molecule has 0 saturated heterocycles. The van der Waals surface area contributed by atoms with Crippen molar-refractivity contribution >= 4 is 45.3 Å². The highest BCUT2D eigenvalue weighted by atomic mass is 35.5. The number of carbonyl (C=O) groups excluding carboxylic acids is 1. The first-order valence-electron chi connectivity index (χ1n) is 9.89. The Balaban J connectivity index is 1.52. The predicted octanol–water partition coefficient (Wildman–Crippen LogP) is 6.20. The summed E-state index contributed by atoms with van der Waals surface area (Å²) in [5.74, 6) is -0.275. The van der Waals surface area contributed by atoms with Crippen LogP contribution in [0.1, 0.15) is 15.9 Å². The van der Waals surface area contributed by atoms with E-state index in [4.69, 9.17) is 11.6 Å². The molecular weight excluding hydrogens is 406 g/mol. The second kappa shape index (κ2) is 8.09. The molecule has 0 aliphatic rings. The molecule has 0 fully saturated rings. The van der Waals surface area contributed by atoms with Crippen molar-refractivity contribution in [2.24, 2.45) is 5.10 Å². The summed E-state index contributed by atoms with van der Waals surface area (Å²) in [6.07, 6.45) is 5.50. The Morgan fingerprint density at radius 2 is 1.32 bits per heavy atom. The van der Waals surface area contributed by atoms with Gasteiger partial charge in [-0.15, -0.1) is 0 Å². The first-order chi connectivity index (χ1) is 15.2. The van der Waals surface area contributed by atoms with Crippen molar-refractivity contribution in [3.8, 4) is 5.69 Å². The number of halogens is 1. The fourth-order valence-electron chi connectivity index (χ4n) is 3.85. The summed E-state index contributed by atoms with van der Waals surface area (Å²) in [5.41, 5.74) is 4.93. The lowest BCUT2D eigenvalue weighted by Crippen LogP contribution is -2.19. The SMILES string of the molecule is O=C(NN=Cc1c2ccccc2c(Cl)c2ccccc12)c1ccccc1-n1cccc1. The maximum Gasteiger partial charge on any atom is 0.273 e. The van der Waals surface area contributed by atoms with E-state index in [-0.39, 0.29) is 5.91 Å². The first-order valence-corrected chi connectivity index (χ1v) is 10.3. The number of hydrogen-bond donors (Lipinski definition) is 1. The highest BCUT2D eigenvalue weighted by Gasteiger charge is 2.13. The van der Waals surface area contributed by atoms with E-state index < -0.39 is 0 Å². The van der Waals surface area contributed by atoms with Gasteiger partial charge in [-0.3, -0.25) is 4.79 Å². The number of benzene rings is 4. The molecule has 1 N–H and O–H groups in total. The van der Waals surface area contributed by atoms with E-state index in [1.165, 1.54) is 0 Å². The molecule has 0 aliphatic carbocycles. The first kappa shape index (κ1) is 19.1. The van der Waals surface area contributed by atoms with Crippen molar-refractivity contribution in [2.45, 2.75) is 0 Å². The Kier molecular flexibility index (Phi) is 4.98. The smallest absolute Gasteiger partial charge is 0.273 e. The molecule has 0 saturated carbocycles. The number of hydrazone groups is 1. The summed E-state index contributed by atoms with van der Waals surface area (Å²) in [4.78, 5) is 12.9. The largest absolute Gasteiger partial charge is 0.323 e. The van der Waals surface area contributed by atoms with Gasteiger partial charge >= 0.3 is 0 Å². The van der Waals surface area contributed by atoms with Crippen molar-refractivity contribution in [1.82, 2.24) is 9.99 Å². The van der Waals surface area contributed by atoms with Gasteiger partial charge in [-0.05, 0) is 35.0 Å². The highest BCUT2D eigenvalue weighted by molar-refractivity contribution is 6.42. The maximum absolute atomic E-state index is 12.9. The zero-order valence-electron chi connectivity index (χ0n) is 16.5. The van der Waals surface area contributed by atoms with Crippen molar-refractivity contribution < 1.29 is 4.79 Å². The molecule has 1 aromatic heterocycles. The van der Waals surface area contributed by atoms with Crippen LogP contribution in [0.15, 0.2) is 102 Å². The van der Waals surface area contributed by atoms with E-state index in [9.17, 15) is 4.79 Å². The molecule has 0 aliphatic heterocycles. The lowest BCUT2D eigenvalue weighted by Gasteiger charge is -2.11. The van der Waals surface area contributed by atoms with Crippen molar-refractivity contribution in [1.29, 1.82) is 0 Å². The predicted molar refractivity (Wildman–Crippen MR) is 127 cm³/mol. The third kappa shape index (κ3) is 3.47. The molecule has 150 valence electrons. The molecule has 5 heteroatoms. The van der Waals surface area contributed by atoms with E-state index in [1.807, 2.05) is 95.8 Å². The van der Waals surface area contributed by atoms with Crippen LogP contribution >= 0.6 is 11.6 Å². The zero-order chi connectivity index (χ0) is 21.2. The summed E-state index contributed by atoms with van der Waals surface area (Å²) in [6, 6.07) is 27.1. The van der Waals surface area contributed by atoms with Crippen LogP contribution in [-0.2, 0) is 0 Å². The molecule has 0 bridgehead atoms. The number of rotatable bonds is 4. The molecule has 1 amide bonds. The fraction of sp³-hybridized carbons (Fsp3) is 0. The molecule has 1 heterocycles. The number of nitrogens with zero attached hydrogens (tertiary/aromatic N) is 2. The summed E-state index contributed by atoms with van der Waals surface area (Å²) >= 11 is 6.66. The Labute approximate surface area is 184 Å². The second-order valence-corrected chi connectivity index (χ2v) is 7.50. The molecule has 4 nitrogen and oxygen atoms in total. The number of nitrogens with one attached hydrogen (secondary N) is 1. The van der Waals surface area contributed by atoms with Crippen LogP contribution < -0.4 is 5.43 Å². The van der Waals surface area contributed by atoms with Gasteiger partial charge in [-0.25, -0.2) is 5.43 Å². The van der Waals surface area contributed by atoms with Crippen LogP contribution in [0, 0.1) is 0 Å². The van der Waals surface area contributed by atoms with Gasteiger partial charge in [0.25, 0.3) is 5.91 Å². The van der Waals surface area contributed by atoms with Crippen molar-refractivity contribution in [2.75, 3.05) is 0 Å². The minimum atomic E-state index is -0.275. The van der Waals surface area contributed by atoms with Crippen LogP contribution in [-0.4, -0.2) is 16.7 Å². The van der Waals surface area contributed by atoms with Gasteiger partial charge in [0.15, 0.2) is 0 Å². The monoisotopic (exact) mass is 423 g/mol. The lowest BCUT2D eigenvalue weighted by atomic mass is 9.97. The van der Waals surface area contributed by atoms with E-state index in [1.54, 1.807) is 12.3 Å². The lowest BCUT2D eigenvalue weighted by molar-refractivity contribution is 0.0955.